The van der Waals surface area contributed by atoms with Gasteiger partial charge in [-0.25, -0.2) is 8.42 Å². The smallest absolute Gasteiger partial charge is 0.236 e. The second-order valence-electron chi connectivity index (χ2n) is 6.98. The molecule has 3 rings (SSSR count). The summed E-state index contributed by atoms with van der Waals surface area (Å²) >= 11 is 0. The van der Waals surface area contributed by atoms with Crippen LogP contribution in [0.1, 0.15) is 30.9 Å². The van der Waals surface area contributed by atoms with E-state index in [0.29, 0.717) is 27.9 Å². The van der Waals surface area contributed by atoms with Gasteiger partial charge in [-0.15, -0.1) is 0 Å². The van der Waals surface area contributed by atoms with Crippen LogP contribution in [0, 0.1) is 0 Å². The van der Waals surface area contributed by atoms with Crippen molar-refractivity contribution in [2.75, 3.05) is 4.72 Å². The maximum absolute atomic E-state index is 12.7. The van der Waals surface area contributed by atoms with Crippen molar-refractivity contribution in [2.24, 2.45) is 0 Å². The Bertz CT molecular complexity index is 1080. The van der Waals surface area contributed by atoms with Crippen LogP contribution in [0.3, 0.4) is 0 Å². The van der Waals surface area contributed by atoms with E-state index in [0.717, 1.165) is 0 Å². The molecule has 0 saturated carbocycles. The summed E-state index contributed by atoms with van der Waals surface area (Å²) in [6.07, 6.45) is 0. The number of rotatable bonds is 6. The third kappa shape index (κ3) is 4.46. The molecule has 28 heavy (non-hydrogen) atoms. The molecule has 0 aliphatic rings. The van der Waals surface area contributed by atoms with Crippen molar-refractivity contribution in [3.05, 3.63) is 77.9 Å². The lowest BCUT2D eigenvalue weighted by Gasteiger charge is -2.16. The fraction of sp³-hybridized carbons (Fsp3) is 0.182. The molecule has 0 spiro atoms. The number of nitrogens with one attached hydrogen (secondary N) is 1. The van der Waals surface area contributed by atoms with Crippen molar-refractivity contribution in [2.45, 2.75) is 25.5 Å². The first-order chi connectivity index (χ1) is 13.3. The quantitative estimate of drug-likeness (QED) is 0.556. The Morgan fingerprint density at radius 3 is 2.18 bits per heavy atom. The Morgan fingerprint density at radius 2 is 1.50 bits per heavy atom. The summed E-state index contributed by atoms with van der Waals surface area (Å²) in [6.45, 7) is 3.87. The molecule has 3 aromatic rings. The molecule has 6 heteroatoms. The zero-order chi connectivity index (χ0) is 20.3. The molecule has 0 radical (unpaired) electrons. The predicted molar refractivity (Wildman–Crippen MR) is 112 cm³/mol. The van der Waals surface area contributed by atoms with Gasteiger partial charge >= 0.3 is 0 Å². The number of anilines is 1. The van der Waals surface area contributed by atoms with Crippen molar-refractivity contribution < 1.29 is 18.6 Å². The molecule has 0 atom stereocenters. The van der Waals surface area contributed by atoms with E-state index in [1.165, 1.54) is 6.07 Å². The summed E-state index contributed by atoms with van der Waals surface area (Å²) < 4.78 is 27.9. The molecule has 0 aliphatic heterocycles. The molecule has 0 bridgehead atoms. The highest BCUT2D eigenvalue weighted by Crippen LogP contribution is 2.40. The van der Waals surface area contributed by atoms with Crippen LogP contribution in [0.15, 0.2) is 66.7 Å². The number of hydrogen-bond donors (Lipinski definition) is 3. The zero-order valence-electron chi connectivity index (χ0n) is 15.8. The molecule has 3 N–H and O–H groups in total. The van der Waals surface area contributed by atoms with Crippen LogP contribution < -0.4 is 4.72 Å². The van der Waals surface area contributed by atoms with Crippen molar-refractivity contribution in [3.8, 4) is 22.6 Å². The minimum atomic E-state index is -3.65. The van der Waals surface area contributed by atoms with Gasteiger partial charge in [-0.1, -0.05) is 62.4 Å². The molecule has 5 nitrogen and oxygen atoms in total. The minimum absolute atomic E-state index is 0.0124. The predicted octanol–water partition coefficient (Wildman–Crippen LogP) is 4.83. The van der Waals surface area contributed by atoms with Crippen LogP contribution in [0.2, 0.25) is 0 Å². The Labute approximate surface area is 165 Å². The zero-order valence-corrected chi connectivity index (χ0v) is 16.6. The molecule has 0 saturated heterocycles. The van der Waals surface area contributed by atoms with Crippen LogP contribution in [0.5, 0.6) is 11.5 Å². The lowest BCUT2D eigenvalue weighted by molar-refractivity contribution is 0.445. The molecule has 0 unspecified atom stereocenters. The van der Waals surface area contributed by atoms with Gasteiger partial charge in [0, 0.05) is 17.2 Å². The van der Waals surface area contributed by atoms with Gasteiger partial charge in [0.15, 0.2) is 0 Å². The van der Waals surface area contributed by atoms with Crippen LogP contribution in [-0.4, -0.2) is 18.6 Å². The average molecular weight is 397 g/mol. The largest absolute Gasteiger partial charge is 0.508 e. The Balaban J connectivity index is 2.00. The van der Waals surface area contributed by atoms with Gasteiger partial charge in [-0.05, 0) is 29.2 Å². The summed E-state index contributed by atoms with van der Waals surface area (Å²) in [5, 5.41) is 20.5. The molecular formula is C22H23NO4S. The summed E-state index contributed by atoms with van der Waals surface area (Å²) in [4.78, 5) is 0. The Hall–Kier alpha value is -2.99. The lowest BCUT2D eigenvalue weighted by atomic mass is 9.95. The van der Waals surface area contributed by atoms with Crippen molar-refractivity contribution in [1.82, 2.24) is 0 Å². The Morgan fingerprint density at radius 1 is 0.857 bits per heavy atom. The van der Waals surface area contributed by atoms with Crippen LogP contribution in [0.25, 0.3) is 11.1 Å². The molecule has 0 aliphatic carbocycles. The fourth-order valence-electron chi connectivity index (χ4n) is 3.08. The summed E-state index contributed by atoms with van der Waals surface area (Å²) in [6, 6.07) is 18.8. The normalized spacial score (nSPS) is 11.5. The third-order valence-corrected chi connectivity index (χ3v) is 5.69. The number of benzene rings is 3. The molecule has 0 fully saturated rings. The monoisotopic (exact) mass is 397 g/mol. The second-order valence-corrected chi connectivity index (χ2v) is 8.70. The van der Waals surface area contributed by atoms with E-state index in [1.54, 1.807) is 54.6 Å². The molecule has 0 heterocycles. The van der Waals surface area contributed by atoms with Crippen molar-refractivity contribution in [3.63, 3.8) is 0 Å². The summed E-state index contributed by atoms with van der Waals surface area (Å²) in [5.74, 6) is -0.211. The fourth-order valence-corrected chi connectivity index (χ4v) is 4.29. The molecule has 146 valence electrons. The molecule has 0 aromatic heterocycles. The highest BCUT2D eigenvalue weighted by atomic mass is 32.2. The standard InChI is InChI=1S/C22H23NO4S/c1-15(2)18-12-19(22(25)13-21(18)24)17-10-6-7-11-20(17)23-28(26,27)14-16-8-4-3-5-9-16/h3-13,15,23-25H,14H2,1-2H3. The number of hydrogen-bond acceptors (Lipinski definition) is 4. The number of phenolic OH excluding ortho intramolecular Hbond substituents is 2. The van der Waals surface area contributed by atoms with Crippen LogP contribution in [0.4, 0.5) is 5.69 Å². The van der Waals surface area contributed by atoms with Gasteiger partial charge in [0.25, 0.3) is 0 Å². The first kappa shape index (κ1) is 19.8. The number of phenols is 2. The van der Waals surface area contributed by atoms with E-state index >= 15 is 0 Å². The van der Waals surface area contributed by atoms with E-state index in [-0.39, 0.29) is 23.2 Å². The first-order valence-electron chi connectivity index (χ1n) is 8.96. The van der Waals surface area contributed by atoms with E-state index in [9.17, 15) is 18.6 Å². The highest BCUT2D eigenvalue weighted by Gasteiger charge is 2.18. The van der Waals surface area contributed by atoms with Crippen LogP contribution in [-0.2, 0) is 15.8 Å². The maximum atomic E-state index is 12.7. The highest BCUT2D eigenvalue weighted by molar-refractivity contribution is 7.91. The van der Waals surface area contributed by atoms with Gasteiger partial charge in [0.05, 0.1) is 11.4 Å². The van der Waals surface area contributed by atoms with E-state index in [1.807, 2.05) is 19.9 Å². The topological polar surface area (TPSA) is 86.6 Å². The number of para-hydroxylation sites is 1. The average Bonchev–Trinajstić information content (AvgIpc) is 2.62. The SMILES string of the molecule is CC(C)c1cc(-c2ccccc2NS(=O)(=O)Cc2ccccc2)c(O)cc1O. The van der Waals surface area contributed by atoms with Gasteiger partial charge < -0.3 is 10.2 Å². The summed E-state index contributed by atoms with van der Waals surface area (Å²) in [7, 11) is -3.65. The lowest BCUT2D eigenvalue weighted by Crippen LogP contribution is -2.15. The third-order valence-electron chi connectivity index (χ3n) is 4.45. The van der Waals surface area contributed by atoms with E-state index in [4.69, 9.17) is 0 Å². The van der Waals surface area contributed by atoms with E-state index < -0.39 is 10.0 Å². The summed E-state index contributed by atoms with van der Waals surface area (Å²) in [5.41, 5.74) is 2.73. The second kappa shape index (κ2) is 7.94. The first-order valence-corrected chi connectivity index (χ1v) is 10.6. The van der Waals surface area contributed by atoms with E-state index in [2.05, 4.69) is 4.72 Å². The van der Waals surface area contributed by atoms with Gasteiger partial charge in [-0.2, -0.15) is 0 Å². The van der Waals surface area contributed by atoms with Gasteiger partial charge in [0.1, 0.15) is 11.5 Å². The number of sulfonamides is 1. The molecule has 3 aromatic carbocycles. The number of aromatic hydroxyl groups is 2. The van der Waals surface area contributed by atoms with Gasteiger partial charge in [0.2, 0.25) is 10.0 Å². The Kier molecular flexibility index (Phi) is 5.61. The minimum Gasteiger partial charge on any atom is -0.508 e. The van der Waals surface area contributed by atoms with Crippen molar-refractivity contribution >= 4 is 15.7 Å². The maximum Gasteiger partial charge on any atom is 0.236 e. The molecule has 0 amide bonds. The van der Waals surface area contributed by atoms with Gasteiger partial charge in [-0.3, -0.25) is 4.72 Å². The molecular weight excluding hydrogens is 374 g/mol. The van der Waals surface area contributed by atoms with Crippen LogP contribution >= 0.6 is 0 Å². The van der Waals surface area contributed by atoms with Crippen molar-refractivity contribution in [1.29, 1.82) is 0 Å².